The fraction of sp³-hybridized carbons (Fsp3) is 0.375. The summed E-state index contributed by atoms with van der Waals surface area (Å²) in [7, 11) is -1.82. The molecule has 3 rings (SSSR count). The van der Waals surface area contributed by atoms with E-state index in [1.165, 1.54) is 12.1 Å². The molecule has 0 radical (unpaired) electrons. The highest BCUT2D eigenvalue weighted by Gasteiger charge is 2.31. The van der Waals surface area contributed by atoms with Gasteiger partial charge in [-0.15, -0.1) is 0 Å². The first-order valence-electron chi connectivity index (χ1n) is 10.5. The average Bonchev–Trinajstić information content (AvgIpc) is 2.78. The van der Waals surface area contributed by atoms with Gasteiger partial charge >= 0.3 is 0 Å². The summed E-state index contributed by atoms with van der Waals surface area (Å²) in [5, 5.41) is 0. The highest BCUT2D eigenvalue weighted by atomic mass is 32.2. The Labute approximate surface area is 185 Å². The van der Waals surface area contributed by atoms with Gasteiger partial charge in [-0.2, -0.15) is 4.31 Å². The third kappa shape index (κ3) is 5.54. The normalized spacial score (nSPS) is 17.2. The predicted molar refractivity (Wildman–Crippen MR) is 122 cm³/mol. The molecule has 1 atom stereocenters. The average molecular weight is 443 g/mol. The Morgan fingerprint density at radius 3 is 2.45 bits per heavy atom. The molecular weight excluding hydrogens is 412 g/mol. The van der Waals surface area contributed by atoms with E-state index < -0.39 is 10.0 Å². The van der Waals surface area contributed by atoms with Crippen molar-refractivity contribution in [2.24, 2.45) is 0 Å². The van der Waals surface area contributed by atoms with Crippen LogP contribution in [0.3, 0.4) is 0 Å². The molecule has 0 spiro atoms. The molecule has 2 aromatic rings. The molecule has 0 unspecified atom stereocenters. The lowest BCUT2D eigenvalue weighted by molar-refractivity contribution is 0.0785. The maximum absolute atomic E-state index is 13.0. The van der Waals surface area contributed by atoms with Crippen molar-refractivity contribution in [1.82, 2.24) is 9.21 Å². The van der Waals surface area contributed by atoms with Crippen LogP contribution in [0, 0.1) is 0 Å². The van der Waals surface area contributed by atoms with Gasteiger partial charge in [-0.1, -0.05) is 31.2 Å². The molecule has 1 fully saturated rings. The second-order valence-electron chi connectivity index (χ2n) is 7.89. The van der Waals surface area contributed by atoms with E-state index >= 15 is 0 Å². The van der Waals surface area contributed by atoms with Gasteiger partial charge < -0.3 is 9.64 Å². The van der Waals surface area contributed by atoms with Gasteiger partial charge in [-0.3, -0.25) is 4.79 Å². The van der Waals surface area contributed by atoms with Gasteiger partial charge in [0.15, 0.2) is 0 Å². The van der Waals surface area contributed by atoms with E-state index in [1.807, 2.05) is 31.2 Å². The highest BCUT2D eigenvalue weighted by Crippen LogP contribution is 2.25. The van der Waals surface area contributed by atoms with Crippen LogP contribution in [0.5, 0.6) is 5.75 Å². The quantitative estimate of drug-likeness (QED) is 0.578. The summed E-state index contributed by atoms with van der Waals surface area (Å²) in [6.45, 7) is 6.99. The molecule has 7 heteroatoms. The molecular formula is C24H30N2O4S. The summed E-state index contributed by atoms with van der Waals surface area (Å²) >= 11 is 0. The van der Waals surface area contributed by atoms with Gasteiger partial charge in [-0.25, -0.2) is 8.42 Å². The largest absolute Gasteiger partial charge is 0.490 e. The Morgan fingerprint density at radius 2 is 1.84 bits per heavy atom. The smallest absolute Gasteiger partial charge is 0.253 e. The minimum Gasteiger partial charge on any atom is -0.490 e. The molecule has 1 saturated heterocycles. The van der Waals surface area contributed by atoms with E-state index in [0.717, 1.165) is 30.6 Å². The molecule has 2 aromatic carbocycles. The standard InChI is InChI=1S/C24H30N2O4S/c1-4-17-30-22-12-8-20(9-13-22)18-25(3)24(27)21-10-14-23(15-11-21)31(28,29)26-16-6-5-7-19(26)2/h4,8-15,19H,1,5-7,16-18H2,2-3H3/t19-/m1/s1. The molecule has 0 N–H and O–H groups in total. The van der Waals surface area contributed by atoms with Crippen molar-refractivity contribution < 1.29 is 17.9 Å². The lowest BCUT2D eigenvalue weighted by Gasteiger charge is -2.32. The molecule has 1 aliphatic rings. The monoisotopic (exact) mass is 442 g/mol. The predicted octanol–water partition coefficient (Wildman–Crippen LogP) is 4.09. The molecule has 0 aromatic heterocycles. The van der Waals surface area contributed by atoms with Gasteiger partial charge in [0, 0.05) is 31.7 Å². The number of hydrogen-bond donors (Lipinski definition) is 0. The third-order valence-electron chi connectivity index (χ3n) is 5.51. The van der Waals surface area contributed by atoms with E-state index in [-0.39, 0.29) is 16.8 Å². The minimum absolute atomic E-state index is 0.000231. The van der Waals surface area contributed by atoms with E-state index in [0.29, 0.717) is 25.3 Å². The zero-order valence-electron chi connectivity index (χ0n) is 18.2. The van der Waals surface area contributed by atoms with Gasteiger partial charge in [0.2, 0.25) is 10.0 Å². The number of amides is 1. The summed E-state index contributed by atoms with van der Waals surface area (Å²) < 4.78 is 33.0. The minimum atomic E-state index is -3.54. The van der Waals surface area contributed by atoms with Crippen LogP contribution in [-0.4, -0.2) is 49.8 Å². The highest BCUT2D eigenvalue weighted by molar-refractivity contribution is 7.89. The van der Waals surface area contributed by atoms with Crippen molar-refractivity contribution in [2.45, 2.75) is 43.7 Å². The van der Waals surface area contributed by atoms with Gasteiger partial charge in [0.25, 0.3) is 5.91 Å². The lowest BCUT2D eigenvalue weighted by atomic mass is 10.1. The number of sulfonamides is 1. The summed E-state index contributed by atoms with van der Waals surface area (Å²) in [5.74, 6) is 0.583. The zero-order valence-corrected chi connectivity index (χ0v) is 19.0. The van der Waals surface area contributed by atoms with Crippen molar-refractivity contribution in [3.05, 3.63) is 72.3 Å². The number of benzene rings is 2. The number of carbonyl (C=O) groups excluding carboxylic acids is 1. The van der Waals surface area contributed by atoms with E-state index in [4.69, 9.17) is 4.74 Å². The topological polar surface area (TPSA) is 66.9 Å². The Bertz CT molecular complexity index is 1000. The number of piperidine rings is 1. The number of nitrogens with zero attached hydrogens (tertiary/aromatic N) is 2. The molecule has 166 valence electrons. The summed E-state index contributed by atoms with van der Waals surface area (Å²) in [6.07, 6.45) is 4.50. The van der Waals surface area contributed by atoms with E-state index in [1.54, 1.807) is 34.5 Å². The third-order valence-corrected chi connectivity index (χ3v) is 7.54. The fourth-order valence-electron chi connectivity index (χ4n) is 3.75. The summed E-state index contributed by atoms with van der Waals surface area (Å²) in [5.41, 5.74) is 1.43. The second kappa shape index (κ2) is 10.1. The number of rotatable bonds is 8. The Morgan fingerprint density at radius 1 is 1.16 bits per heavy atom. The molecule has 1 aliphatic heterocycles. The number of hydrogen-bond acceptors (Lipinski definition) is 4. The van der Waals surface area contributed by atoms with Crippen LogP contribution in [0.4, 0.5) is 0 Å². The first kappa shape index (κ1) is 23.0. The summed E-state index contributed by atoms with van der Waals surface area (Å²) in [6, 6.07) is 13.8. The number of carbonyl (C=O) groups is 1. The van der Waals surface area contributed by atoms with Crippen molar-refractivity contribution in [3.63, 3.8) is 0 Å². The van der Waals surface area contributed by atoms with Crippen LogP contribution < -0.4 is 4.74 Å². The lowest BCUT2D eigenvalue weighted by Crippen LogP contribution is -2.41. The first-order valence-corrected chi connectivity index (χ1v) is 12.0. The molecule has 0 saturated carbocycles. The maximum Gasteiger partial charge on any atom is 0.253 e. The zero-order chi connectivity index (χ0) is 22.4. The van der Waals surface area contributed by atoms with Gasteiger partial charge in [-0.05, 0) is 61.7 Å². The van der Waals surface area contributed by atoms with Crippen molar-refractivity contribution in [1.29, 1.82) is 0 Å². The van der Waals surface area contributed by atoms with E-state index in [9.17, 15) is 13.2 Å². The van der Waals surface area contributed by atoms with Crippen molar-refractivity contribution in [2.75, 3.05) is 20.2 Å². The van der Waals surface area contributed by atoms with Crippen LogP contribution in [0.1, 0.15) is 42.1 Å². The van der Waals surface area contributed by atoms with E-state index in [2.05, 4.69) is 6.58 Å². The molecule has 6 nitrogen and oxygen atoms in total. The maximum atomic E-state index is 13.0. The Hall–Kier alpha value is -2.64. The van der Waals surface area contributed by atoms with Crippen LogP contribution in [0.2, 0.25) is 0 Å². The molecule has 1 heterocycles. The van der Waals surface area contributed by atoms with Gasteiger partial charge in [0.05, 0.1) is 4.90 Å². The first-order chi connectivity index (χ1) is 14.8. The molecule has 1 amide bonds. The molecule has 0 aliphatic carbocycles. The summed E-state index contributed by atoms with van der Waals surface area (Å²) in [4.78, 5) is 14.6. The van der Waals surface area contributed by atoms with Crippen LogP contribution in [0.15, 0.2) is 66.1 Å². The van der Waals surface area contributed by atoms with Crippen LogP contribution in [-0.2, 0) is 16.6 Å². The van der Waals surface area contributed by atoms with Crippen LogP contribution in [0.25, 0.3) is 0 Å². The number of ether oxygens (including phenoxy) is 1. The Kier molecular flexibility index (Phi) is 7.51. The molecule has 31 heavy (non-hydrogen) atoms. The SMILES string of the molecule is C=CCOc1ccc(CN(C)C(=O)c2ccc(S(=O)(=O)N3CCCC[C@H]3C)cc2)cc1. The molecule has 0 bridgehead atoms. The second-order valence-corrected chi connectivity index (χ2v) is 9.78. The Balaban J connectivity index is 1.66. The fourth-order valence-corrected chi connectivity index (χ4v) is 5.45. The van der Waals surface area contributed by atoms with Crippen LogP contribution >= 0.6 is 0 Å². The van der Waals surface area contributed by atoms with Gasteiger partial charge in [0.1, 0.15) is 12.4 Å². The van der Waals surface area contributed by atoms with Crippen molar-refractivity contribution in [3.8, 4) is 5.75 Å². The van der Waals surface area contributed by atoms with Crippen molar-refractivity contribution >= 4 is 15.9 Å².